The Labute approximate surface area is 335 Å². The lowest BCUT2D eigenvalue weighted by molar-refractivity contribution is 0.684. The second-order valence-electron chi connectivity index (χ2n) is 17.3. The maximum Gasteiger partial charge on any atom is 0.0910 e. The van der Waals surface area contributed by atoms with Gasteiger partial charge in [-0.2, -0.15) is 0 Å². The number of nitrogens with zero attached hydrogens (tertiary/aromatic N) is 1. The van der Waals surface area contributed by atoms with Gasteiger partial charge in [-0.05, 0) is 164 Å². The van der Waals surface area contributed by atoms with Crippen molar-refractivity contribution in [2.24, 2.45) is 4.99 Å². The fourth-order valence-electron chi connectivity index (χ4n) is 11.6. The van der Waals surface area contributed by atoms with E-state index in [9.17, 15) is 0 Å². The molecule has 0 saturated carbocycles. The molecular weight excluding hydrogens is 693 g/mol. The summed E-state index contributed by atoms with van der Waals surface area (Å²) in [5, 5.41) is 2.62. The topological polar surface area (TPSA) is 59.7 Å². The molecule has 6 aliphatic rings. The largest absolute Gasteiger partial charge is 0.354 e. The molecule has 3 N–H and O–H groups in total. The van der Waals surface area contributed by atoms with Crippen molar-refractivity contribution in [1.82, 2.24) is 15.0 Å². The van der Waals surface area contributed by atoms with E-state index < -0.39 is 0 Å². The van der Waals surface area contributed by atoms with E-state index in [-0.39, 0.29) is 0 Å². The zero-order valence-corrected chi connectivity index (χ0v) is 32.9. The molecule has 0 amide bonds. The number of aliphatic imine (C=N–C) groups is 1. The quantitative estimate of drug-likeness (QED) is 0.162. The summed E-state index contributed by atoms with van der Waals surface area (Å²) in [6.45, 7) is 0. The first kappa shape index (κ1) is 33.5. The van der Waals surface area contributed by atoms with Gasteiger partial charge in [0.1, 0.15) is 0 Å². The molecule has 0 atom stereocenters. The Balaban J connectivity index is 1.32. The summed E-state index contributed by atoms with van der Waals surface area (Å²) in [4.78, 5) is 18.8. The second-order valence-corrected chi connectivity index (χ2v) is 17.3. The van der Waals surface area contributed by atoms with Crippen molar-refractivity contribution in [2.45, 2.75) is 103 Å². The van der Waals surface area contributed by atoms with E-state index in [1.54, 1.807) is 0 Å². The van der Waals surface area contributed by atoms with E-state index in [1.165, 1.54) is 174 Å². The monoisotopic (exact) mass is 742 g/mol. The first-order chi connectivity index (χ1) is 28.3. The number of benzene rings is 3. The first-order valence-corrected chi connectivity index (χ1v) is 22.0. The third-order valence-corrected chi connectivity index (χ3v) is 14.1. The van der Waals surface area contributed by atoms with Gasteiger partial charge in [0, 0.05) is 16.7 Å². The van der Waals surface area contributed by atoms with Crippen molar-refractivity contribution in [1.29, 1.82) is 0 Å². The Hall–Kier alpha value is -5.61. The van der Waals surface area contributed by atoms with E-state index in [0.717, 1.165) is 51.4 Å². The van der Waals surface area contributed by atoms with E-state index in [1.807, 2.05) is 0 Å². The number of rotatable bonds is 3. The Kier molecular flexibility index (Phi) is 7.94. The van der Waals surface area contributed by atoms with Crippen molar-refractivity contribution >= 4 is 22.4 Å². The normalized spacial score (nSPS) is 18.7. The van der Waals surface area contributed by atoms with Crippen LogP contribution in [0.3, 0.4) is 0 Å². The van der Waals surface area contributed by atoms with Crippen LogP contribution in [0.4, 0.5) is 0 Å². The van der Waals surface area contributed by atoms with Gasteiger partial charge in [-0.3, -0.25) is 0 Å². The van der Waals surface area contributed by atoms with Crippen LogP contribution in [0.2, 0.25) is 0 Å². The van der Waals surface area contributed by atoms with E-state index in [0.29, 0.717) is 0 Å². The van der Waals surface area contributed by atoms with Gasteiger partial charge in [-0.25, -0.2) is 4.99 Å². The summed E-state index contributed by atoms with van der Waals surface area (Å²) in [5.74, 6) is 0. The molecule has 0 spiro atoms. The molecule has 4 heterocycles. The van der Waals surface area contributed by atoms with E-state index >= 15 is 0 Å². The fraction of sp³-hybridized carbons (Fsp3) is 0.302. The minimum atomic E-state index is 1.08. The third-order valence-electron chi connectivity index (χ3n) is 14.1. The van der Waals surface area contributed by atoms with Gasteiger partial charge in [0.15, 0.2) is 0 Å². The van der Waals surface area contributed by atoms with Crippen molar-refractivity contribution in [3.8, 4) is 0 Å². The number of allylic oxidation sites excluding steroid dienone is 2. The lowest BCUT2D eigenvalue weighted by Gasteiger charge is -2.19. The van der Waals surface area contributed by atoms with Crippen molar-refractivity contribution < 1.29 is 0 Å². The molecule has 0 unspecified atom stereocenters. The summed E-state index contributed by atoms with van der Waals surface area (Å²) in [6, 6.07) is 33.8. The van der Waals surface area contributed by atoms with Crippen LogP contribution in [0.15, 0.2) is 113 Å². The molecule has 4 nitrogen and oxygen atoms in total. The fourth-order valence-corrected chi connectivity index (χ4v) is 11.6. The molecule has 0 saturated heterocycles. The molecule has 1 aliphatic heterocycles. The van der Waals surface area contributed by atoms with Gasteiger partial charge in [0.25, 0.3) is 0 Å². The van der Waals surface area contributed by atoms with Gasteiger partial charge < -0.3 is 15.0 Å². The highest BCUT2D eigenvalue weighted by atomic mass is 14.9. The number of hydrogen-bond donors (Lipinski definition) is 3. The highest BCUT2D eigenvalue weighted by Gasteiger charge is 2.36. The number of aromatic amines is 3. The van der Waals surface area contributed by atoms with Crippen LogP contribution < -0.4 is 10.7 Å². The molecule has 0 fully saturated rings. The smallest absolute Gasteiger partial charge is 0.0910 e. The van der Waals surface area contributed by atoms with Crippen LogP contribution >= 0.6 is 0 Å². The van der Waals surface area contributed by atoms with Crippen molar-refractivity contribution in [3.05, 3.63) is 191 Å². The molecule has 8 bridgehead atoms. The molecule has 3 aromatic carbocycles. The zero-order chi connectivity index (χ0) is 37.5. The number of aromatic nitrogens is 3. The van der Waals surface area contributed by atoms with Gasteiger partial charge in [-0.15, -0.1) is 0 Å². The summed E-state index contributed by atoms with van der Waals surface area (Å²) >= 11 is 0. The number of H-pyrrole nitrogens is 3. The van der Waals surface area contributed by atoms with Gasteiger partial charge in [0.2, 0.25) is 0 Å². The average molecular weight is 743 g/mol. The van der Waals surface area contributed by atoms with Gasteiger partial charge in [0.05, 0.1) is 44.9 Å². The highest BCUT2D eigenvalue weighted by molar-refractivity contribution is 6.17. The molecule has 3 aromatic heterocycles. The maximum atomic E-state index is 5.94. The SMILES string of the molecule is c1ccc(C2=C3N=C(C4=C3CCCC4)c3[nH]c(c4c3CCCC4)C(c3ccccc3)=c3[nH]c(c4c3CCCC4)=C(c3ccccc3)c3[nH]c2c2c3CCCC2)cc1. The Morgan fingerprint density at radius 2 is 0.702 bits per heavy atom. The van der Waals surface area contributed by atoms with Crippen molar-refractivity contribution in [2.75, 3.05) is 0 Å². The number of nitrogens with one attached hydrogen (secondary N) is 3. The lowest BCUT2D eigenvalue weighted by Crippen LogP contribution is -2.20. The van der Waals surface area contributed by atoms with Crippen LogP contribution in [-0.4, -0.2) is 20.7 Å². The predicted octanol–water partition coefficient (Wildman–Crippen LogP) is 10.2. The van der Waals surface area contributed by atoms with Crippen LogP contribution in [0.5, 0.6) is 0 Å². The molecule has 57 heavy (non-hydrogen) atoms. The summed E-state index contributed by atoms with van der Waals surface area (Å²) in [6.07, 6.45) is 18.5. The molecular formula is C53H50N4. The molecule has 0 radical (unpaired) electrons. The first-order valence-electron chi connectivity index (χ1n) is 22.0. The Bertz CT molecular complexity index is 2820. The zero-order valence-electron chi connectivity index (χ0n) is 32.9. The number of hydrogen-bond acceptors (Lipinski definition) is 1. The van der Waals surface area contributed by atoms with Crippen molar-refractivity contribution in [3.63, 3.8) is 0 Å². The molecule has 6 aromatic rings. The molecule has 5 aliphatic carbocycles. The highest BCUT2D eigenvalue weighted by Crippen LogP contribution is 2.47. The van der Waals surface area contributed by atoms with Crippen LogP contribution in [-0.2, 0) is 38.5 Å². The van der Waals surface area contributed by atoms with Crippen LogP contribution in [0.25, 0.3) is 16.7 Å². The van der Waals surface area contributed by atoms with Crippen LogP contribution in [0.1, 0.15) is 137 Å². The lowest BCUT2D eigenvalue weighted by atomic mass is 9.83. The standard InChI is InChI=1S/C53H50N4/c1-4-18-32(19-5-1)43-46-35-24-10-12-26-37(35)48(54-46)44(33-20-6-2-7-21-33)50-39-28-14-16-30-41(39)52(56-50)53-42-31-17-15-29-40(42)51(57-53)45(34-22-8-3-9-23-34)49-38-27-13-11-25-36(38)47(43)55-49/h1-9,18-23,54-56H,10-17,24-31H2. The molecule has 12 rings (SSSR count). The minimum absolute atomic E-state index is 1.08. The van der Waals surface area contributed by atoms with E-state index in [2.05, 4.69) is 106 Å². The Morgan fingerprint density at radius 3 is 1.19 bits per heavy atom. The second kappa shape index (κ2) is 13.5. The van der Waals surface area contributed by atoms with E-state index in [4.69, 9.17) is 4.99 Å². The summed E-state index contributed by atoms with van der Waals surface area (Å²) in [5.41, 5.74) is 27.4. The van der Waals surface area contributed by atoms with Gasteiger partial charge in [-0.1, -0.05) is 91.0 Å². The third kappa shape index (κ3) is 5.22. The summed E-state index contributed by atoms with van der Waals surface area (Å²) in [7, 11) is 0. The van der Waals surface area contributed by atoms with Gasteiger partial charge >= 0.3 is 0 Å². The predicted molar refractivity (Wildman–Crippen MR) is 232 cm³/mol. The number of fused-ring (bicyclic) bond motifs is 1. The Morgan fingerprint density at radius 1 is 0.333 bits per heavy atom. The van der Waals surface area contributed by atoms with Crippen LogP contribution in [0, 0.1) is 0 Å². The maximum absolute atomic E-state index is 5.94. The summed E-state index contributed by atoms with van der Waals surface area (Å²) < 4.78 is 0. The molecule has 4 heteroatoms. The average Bonchev–Trinajstić information content (AvgIpc) is 4.05. The minimum Gasteiger partial charge on any atom is -0.354 e. The molecule has 282 valence electrons.